The Bertz CT molecular complexity index is 1230. The van der Waals surface area contributed by atoms with E-state index < -0.39 is 37.5 Å². The third-order valence-corrected chi connectivity index (χ3v) is 6.12. The van der Waals surface area contributed by atoms with Gasteiger partial charge in [0.15, 0.2) is 5.69 Å². The van der Waals surface area contributed by atoms with Gasteiger partial charge < -0.3 is 5.32 Å². The van der Waals surface area contributed by atoms with Crippen LogP contribution in [-0.2, 0) is 10.0 Å². The number of carbonyl (C=O) groups is 1. The average molecular weight is 461 g/mol. The summed E-state index contributed by atoms with van der Waals surface area (Å²) in [5.74, 6) is -0.483. The van der Waals surface area contributed by atoms with E-state index in [-0.39, 0.29) is 11.4 Å². The first-order valence-electron chi connectivity index (χ1n) is 9.34. The summed E-state index contributed by atoms with van der Waals surface area (Å²) in [6.45, 7) is 0.343. The number of nitrogens with one attached hydrogen (secondary N) is 2. The van der Waals surface area contributed by atoms with Crippen LogP contribution in [0.25, 0.3) is 0 Å². The second-order valence-electron chi connectivity index (χ2n) is 5.97. The Hall–Kier alpha value is -3.51. The standard InChI is InChI=1S/C19H17N5O5S2/c25-19(17-7-4-10-21-22-17)23-31(28,29)15-8-9-16(18(13-15)24(26)27)20-11-12-30-14-5-2-1-3-6-14/h1-10,13,20H,11-12H2,(H,23,25)/i13D. The zero-order valence-corrected chi connectivity index (χ0v) is 17.5. The van der Waals surface area contributed by atoms with Gasteiger partial charge in [0.2, 0.25) is 0 Å². The lowest BCUT2D eigenvalue weighted by molar-refractivity contribution is -0.384. The van der Waals surface area contributed by atoms with Crippen LogP contribution in [0.1, 0.15) is 11.9 Å². The lowest BCUT2D eigenvalue weighted by atomic mass is 10.2. The molecular weight excluding hydrogens is 442 g/mol. The molecule has 0 bridgehead atoms. The first-order valence-corrected chi connectivity index (χ1v) is 11.3. The number of nitrogens with zero attached hydrogens (tertiary/aromatic N) is 3. The van der Waals surface area contributed by atoms with Crippen molar-refractivity contribution in [3.05, 3.63) is 82.6 Å². The van der Waals surface area contributed by atoms with Crippen LogP contribution < -0.4 is 10.0 Å². The Morgan fingerprint density at radius 1 is 1.16 bits per heavy atom. The maximum absolute atomic E-state index is 12.6. The van der Waals surface area contributed by atoms with Gasteiger partial charge in [0.1, 0.15) is 5.69 Å². The second kappa shape index (κ2) is 10.00. The summed E-state index contributed by atoms with van der Waals surface area (Å²) in [5.41, 5.74) is -0.955. The van der Waals surface area contributed by atoms with Crippen LogP contribution in [0.5, 0.6) is 0 Å². The topological polar surface area (TPSA) is 144 Å². The van der Waals surface area contributed by atoms with Gasteiger partial charge in [-0.15, -0.1) is 16.9 Å². The lowest BCUT2D eigenvalue weighted by Crippen LogP contribution is -2.31. The quantitative estimate of drug-likeness (QED) is 0.213. The number of sulfonamides is 1. The van der Waals surface area contributed by atoms with Crippen LogP contribution in [-0.4, -0.2) is 41.7 Å². The molecule has 1 heterocycles. The van der Waals surface area contributed by atoms with Gasteiger partial charge in [-0.3, -0.25) is 14.9 Å². The maximum atomic E-state index is 12.6. The van der Waals surface area contributed by atoms with Gasteiger partial charge in [-0.05, 0) is 36.4 Å². The summed E-state index contributed by atoms with van der Waals surface area (Å²) in [5, 5.41) is 21.4. The van der Waals surface area contributed by atoms with Crippen molar-refractivity contribution in [2.24, 2.45) is 0 Å². The van der Waals surface area contributed by atoms with E-state index in [4.69, 9.17) is 1.37 Å². The number of hydrogen-bond donors (Lipinski definition) is 2. The molecule has 12 heteroatoms. The van der Waals surface area contributed by atoms with Crippen LogP contribution in [0.4, 0.5) is 11.4 Å². The van der Waals surface area contributed by atoms with Gasteiger partial charge in [-0.25, -0.2) is 13.1 Å². The first-order chi connectivity index (χ1) is 15.3. The summed E-state index contributed by atoms with van der Waals surface area (Å²) in [4.78, 5) is 23.2. The molecule has 0 aliphatic carbocycles. The molecule has 0 aliphatic rings. The fourth-order valence-corrected chi connectivity index (χ4v) is 4.16. The van der Waals surface area contributed by atoms with Crippen molar-refractivity contribution in [1.29, 1.82) is 0 Å². The predicted molar refractivity (Wildman–Crippen MR) is 115 cm³/mol. The third kappa shape index (κ3) is 5.99. The molecule has 1 aromatic heterocycles. The van der Waals surface area contributed by atoms with Gasteiger partial charge in [0.25, 0.3) is 21.6 Å². The van der Waals surface area contributed by atoms with E-state index in [1.165, 1.54) is 36.2 Å². The monoisotopic (exact) mass is 460 g/mol. The Morgan fingerprint density at radius 3 is 2.61 bits per heavy atom. The number of benzene rings is 2. The number of rotatable bonds is 9. The van der Waals surface area contributed by atoms with E-state index in [0.717, 1.165) is 11.0 Å². The molecular formula is C19H17N5O5S2. The Morgan fingerprint density at radius 2 is 1.94 bits per heavy atom. The van der Waals surface area contributed by atoms with Crippen molar-refractivity contribution < 1.29 is 19.5 Å². The molecule has 0 saturated carbocycles. The highest BCUT2D eigenvalue weighted by Crippen LogP contribution is 2.28. The second-order valence-corrected chi connectivity index (χ2v) is 8.79. The molecule has 0 saturated heterocycles. The smallest absolute Gasteiger partial charge is 0.293 e. The summed E-state index contributed by atoms with van der Waals surface area (Å²) in [6, 6.07) is 13.6. The van der Waals surface area contributed by atoms with Crippen molar-refractivity contribution >= 4 is 39.1 Å². The minimum atomic E-state index is -4.56. The molecule has 0 atom stereocenters. The molecule has 0 spiro atoms. The summed E-state index contributed by atoms with van der Waals surface area (Å²) >= 11 is 1.54. The van der Waals surface area contributed by atoms with Gasteiger partial charge in [0.05, 0.1) is 11.2 Å². The summed E-state index contributed by atoms with van der Waals surface area (Å²) < 4.78 is 35.0. The predicted octanol–water partition coefficient (Wildman–Crippen LogP) is 2.71. The first kappa shape index (κ1) is 20.8. The highest BCUT2D eigenvalue weighted by molar-refractivity contribution is 7.99. The average Bonchev–Trinajstić information content (AvgIpc) is 2.77. The summed E-state index contributed by atoms with van der Waals surface area (Å²) in [6.07, 6.45) is 1.31. The van der Waals surface area contributed by atoms with Crippen molar-refractivity contribution in [3.63, 3.8) is 0 Å². The van der Waals surface area contributed by atoms with Crippen molar-refractivity contribution in [2.45, 2.75) is 9.79 Å². The number of thioether (sulfide) groups is 1. The molecule has 1 amide bonds. The number of hydrogen-bond acceptors (Lipinski definition) is 9. The molecule has 0 radical (unpaired) electrons. The van der Waals surface area contributed by atoms with E-state index in [0.29, 0.717) is 12.3 Å². The SMILES string of the molecule is [2H]c1c(S(=O)(=O)NC(=O)c2cccnn2)ccc(NCCSc2ccccc2)c1[N+](=O)[O-]. The fraction of sp³-hybridized carbons (Fsp3) is 0.105. The van der Waals surface area contributed by atoms with Crippen LogP contribution in [0.3, 0.4) is 0 Å². The van der Waals surface area contributed by atoms with Gasteiger partial charge in [0, 0.05) is 29.4 Å². The zero-order valence-electron chi connectivity index (χ0n) is 16.9. The van der Waals surface area contributed by atoms with E-state index in [1.807, 2.05) is 30.3 Å². The number of aromatic nitrogens is 2. The molecule has 0 aliphatic heterocycles. The Balaban J connectivity index is 1.77. The Labute approximate surface area is 183 Å². The fourth-order valence-electron chi connectivity index (χ4n) is 2.43. The van der Waals surface area contributed by atoms with E-state index in [2.05, 4.69) is 15.5 Å². The van der Waals surface area contributed by atoms with E-state index in [9.17, 15) is 23.3 Å². The van der Waals surface area contributed by atoms with Crippen molar-refractivity contribution in [3.8, 4) is 0 Å². The molecule has 0 fully saturated rings. The van der Waals surface area contributed by atoms with Crippen molar-refractivity contribution in [2.75, 3.05) is 17.6 Å². The molecule has 10 nitrogen and oxygen atoms in total. The van der Waals surface area contributed by atoms with Crippen LogP contribution in [0, 0.1) is 10.1 Å². The molecule has 31 heavy (non-hydrogen) atoms. The largest absolute Gasteiger partial charge is 0.379 e. The van der Waals surface area contributed by atoms with Crippen LogP contribution in [0.2, 0.25) is 0 Å². The zero-order chi connectivity index (χ0) is 23.1. The molecule has 3 rings (SSSR count). The van der Waals surface area contributed by atoms with Crippen LogP contribution >= 0.6 is 11.8 Å². The van der Waals surface area contributed by atoms with E-state index in [1.54, 1.807) is 4.72 Å². The maximum Gasteiger partial charge on any atom is 0.293 e. The summed E-state index contributed by atoms with van der Waals surface area (Å²) in [7, 11) is -4.56. The number of amides is 1. The minimum absolute atomic E-state index is 0.00728. The van der Waals surface area contributed by atoms with Crippen molar-refractivity contribution in [1.82, 2.24) is 14.9 Å². The minimum Gasteiger partial charge on any atom is -0.379 e. The number of anilines is 1. The van der Waals surface area contributed by atoms with Crippen LogP contribution in [0.15, 0.2) is 76.6 Å². The highest BCUT2D eigenvalue weighted by Gasteiger charge is 2.24. The number of nitro benzene ring substituents is 1. The molecule has 2 N–H and O–H groups in total. The molecule has 2 aromatic carbocycles. The van der Waals surface area contributed by atoms with Gasteiger partial charge >= 0.3 is 0 Å². The molecule has 3 aromatic rings. The molecule has 0 unspecified atom stereocenters. The molecule has 160 valence electrons. The van der Waals surface area contributed by atoms with Gasteiger partial charge in [-0.1, -0.05) is 18.2 Å². The lowest BCUT2D eigenvalue weighted by Gasteiger charge is -2.10. The number of nitro groups is 1. The highest BCUT2D eigenvalue weighted by atomic mass is 32.2. The van der Waals surface area contributed by atoms with Gasteiger partial charge in [-0.2, -0.15) is 5.10 Å². The number of carbonyl (C=O) groups excluding carboxylic acids is 1. The third-order valence-electron chi connectivity index (χ3n) is 3.83. The Kier molecular flexibility index (Phi) is 6.69. The van der Waals surface area contributed by atoms with E-state index >= 15 is 0 Å². The normalized spacial score (nSPS) is 11.4.